The molecule has 0 aromatic heterocycles. The number of hydrogen-bond acceptors (Lipinski definition) is 3. The number of nitrogens with one attached hydrogen (secondary N) is 2. The van der Waals surface area contributed by atoms with Gasteiger partial charge in [-0.15, -0.1) is 0 Å². The Morgan fingerprint density at radius 2 is 1.86 bits per heavy atom. The molecule has 0 bridgehead atoms. The lowest BCUT2D eigenvalue weighted by atomic mass is 10.1. The molecule has 1 amide bonds. The molecule has 0 heterocycles. The van der Waals surface area contributed by atoms with E-state index in [-0.39, 0.29) is 11.9 Å². The summed E-state index contributed by atoms with van der Waals surface area (Å²) in [6.45, 7) is 1.93. The van der Waals surface area contributed by atoms with E-state index in [9.17, 15) is 4.79 Å². The van der Waals surface area contributed by atoms with E-state index in [2.05, 4.69) is 10.6 Å². The molecule has 0 saturated heterocycles. The van der Waals surface area contributed by atoms with Crippen LogP contribution in [0.3, 0.4) is 0 Å². The number of carbonyl (C=O) groups excluding carboxylic acids is 1. The highest BCUT2D eigenvalue weighted by Crippen LogP contribution is 2.23. The standard InChI is InChI=1S/C17H26N2O2/c1-13(18-14-9-5-3-4-6-10-14)17(20)19-15-11-7-8-12-16(15)21-2/h7-8,11-14,18H,3-6,9-10H2,1-2H3,(H,19,20)/t13-/m0/s1. The molecule has 0 aliphatic heterocycles. The van der Waals surface area contributed by atoms with Crippen LogP contribution in [0, 0.1) is 0 Å². The maximum Gasteiger partial charge on any atom is 0.241 e. The zero-order chi connectivity index (χ0) is 15.1. The summed E-state index contributed by atoms with van der Waals surface area (Å²) in [5, 5.41) is 6.40. The highest BCUT2D eigenvalue weighted by Gasteiger charge is 2.19. The largest absolute Gasteiger partial charge is 0.495 e. The number of methoxy groups -OCH3 is 1. The summed E-state index contributed by atoms with van der Waals surface area (Å²) >= 11 is 0. The third-order valence-corrected chi connectivity index (χ3v) is 4.10. The minimum Gasteiger partial charge on any atom is -0.495 e. The minimum atomic E-state index is -0.196. The van der Waals surface area contributed by atoms with E-state index in [4.69, 9.17) is 4.74 Å². The molecule has 1 aromatic carbocycles. The number of benzene rings is 1. The van der Waals surface area contributed by atoms with Gasteiger partial charge in [-0.1, -0.05) is 37.8 Å². The van der Waals surface area contributed by atoms with Crippen molar-refractivity contribution in [2.75, 3.05) is 12.4 Å². The van der Waals surface area contributed by atoms with Crippen molar-refractivity contribution in [3.8, 4) is 5.75 Å². The molecule has 4 heteroatoms. The summed E-state index contributed by atoms with van der Waals surface area (Å²) in [5.41, 5.74) is 0.722. The topological polar surface area (TPSA) is 50.4 Å². The van der Waals surface area contributed by atoms with Crippen LogP contribution in [0.5, 0.6) is 5.75 Å². The normalized spacial score (nSPS) is 17.8. The maximum atomic E-state index is 12.3. The second-order valence-electron chi connectivity index (χ2n) is 5.77. The summed E-state index contributed by atoms with van der Waals surface area (Å²) in [6, 6.07) is 7.75. The average Bonchev–Trinajstić information content (AvgIpc) is 2.76. The van der Waals surface area contributed by atoms with Crippen molar-refractivity contribution < 1.29 is 9.53 Å². The molecule has 2 N–H and O–H groups in total. The summed E-state index contributed by atoms with van der Waals surface area (Å²) in [5.74, 6) is 0.677. The van der Waals surface area contributed by atoms with E-state index in [1.807, 2.05) is 31.2 Å². The molecule has 1 aliphatic rings. The fourth-order valence-electron chi connectivity index (χ4n) is 2.86. The Balaban J connectivity index is 1.89. The molecule has 0 unspecified atom stereocenters. The first-order valence-electron chi connectivity index (χ1n) is 7.90. The van der Waals surface area contributed by atoms with Gasteiger partial charge in [0.2, 0.25) is 5.91 Å². The van der Waals surface area contributed by atoms with Crippen LogP contribution in [0.2, 0.25) is 0 Å². The van der Waals surface area contributed by atoms with Crippen LogP contribution < -0.4 is 15.4 Å². The Morgan fingerprint density at radius 3 is 2.52 bits per heavy atom. The van der Waals surface area contributed by atoms with Gasteiger partial charge in [0.1, 0.15) is 5.75 Å². The minimum absolute atomic E-state index is 0.0104. The molecule has 1 aliphatic carbocycles. The molecule has 0 radical (unpaired) electrons. The summed E-state index contributed by atoms with van der Waals surface area (Å²) in [4.78, 5) is 12.3. The molecule has 1 aromatic rings. The van der Waals surface area contributed by atoms with E-state index in [1.165, 1.54) is 38.5 Å². The van der Waals surface area contributed by atoms with Crippen LogP contribution in [-0.4, -0.2) is 25.1 Å². The predicted octanol–water partition coefficient (Wildman–Crippen LogP) is 3.33. The number of amides is 1. The maximum absolute atomic E-state index is 12.3. The lowest BCUT2D eigenvalue weighted by molar-refractivity contribution is -0.118. The molecule has 4 nitrogen and oxygen atoms in total. The first-order chi connectivity index (χ1) is 10.2. The number of rotatable bonds is 5. The van der Waals surface area contributed by atoms with Crippen molar-refractivity contribution >= 4 is 11.6 Å². The zero-order valence-electron chi connectivity index (χ0n) is 13.0. The van der Waals surface area contributed by atoms with Gasteiger partial charge < -0.3 is 15.4 Å². The molecule has 2 rings (SSSR count). The Hall–Kier alpha value is -1.55. The first kappa shape index (κ1) is 15.8. The fourth-order valence-corrected chi connectivity index (χ4v) is 2.86. The number of hydrogen-bond donors (Lipinski definition) is 2. The zero-order valence-corrected chi connectivity index (χ0v) is 13.0. The van der Waals surface area contributed by atoms with Crippen LogP contribution in [-0.2, 0) is 4.79 Å². The lowest BCUT2D eigenvalue weighted by Crippen LogP contribution is -2.43. The van der Waals surface area contributed by atoms with Crippen molar-refractivity contribution in [3.05, 3.63) is 24.3 Å². The third kappa shape index (κ3) is 4.74. The molecule has 0 spiro atoms. The van der Waals surface area contributed by atoms with Gasteiger partial charge in [0.25, 0.3) is 0 Å². The van der Waals surface area contributed by atoms with E-state index in [1.54, 1.807) is 7.11 Å². The van der Waals surface area contributed by atoms with Crippen LogP contribution in [0.1, 0.15) is 45.4 Å². The summed E-state index contributed by atoms with van der Waals surface area (Å²) in [6.07, 6.45) is 7.51. The third-order valence-electron chi connectivity index (χ3n) is 4.10. The first-order valence-corrected chi connectivity index (χ1v) is 7.90. The Labute approximate surface area is 127 Å². The molecule has 1 saturated carbocycles. The number of ether oxygens (including phenoxy) is 1. The van der Waals surface area contributed by atoms with Gasteiger partial charge in [-0.25, -0.2) is 0 Å². The van der Waals surface area contributed by atoms with Gasteiger partial charge in [0.15, 0.2) is 0 Å². The molecule has 1 atom stereocenters. The van der Waals surface area contributed by atoms with Crippen molar-refractivity contribution in [2.45, 2.75) is 57.5 Å². The van der Waals surface area contributed by atoms with E-state index in [0.29, 0.717) is 11.8 Å². The Kier molecular flexibility index (Phi) is 6.05. The van der Waals surface area contributed by atoms with Gasteiger partial charge in [0.05, 0.1) is 18.8 Å². The van der Waals surface area contributed by atoms with E-state index in [0.717, 1.165) is 5.69 Å². The van der Waals surface area contributed by atoms with Gasteiger partial charge in [-0.3, -0.25) is 4.79 Å². The highest BCUT2D eigenvalue weighted by atomic mass is 16.5. The molecular weight excluding hydrogens is 264 g/mol. The van der Waals surface area contributed by atoms with Crippen molar-refractivity contribution in [1.82, 2.24) is 5.32 Å². The second-order valence-corrected chi connectivity index (χ2v) is 5.77. The predicted molar refractivity (Wildman–Crippen MR) is 85.7 cm³/mol. The van der Waals surface area contributed by atoms with Gasteiger partial charge >= 0.3 is 0 Å². The average molecular weight is 290 g/mol. The number of carbonyl (C=O) groups is 1. The van der Waals surface area contributed by atoms with Gasteiger partial charge in [0, 0.05) is 6.04 Å². The van der Waals surface area contributed by atoms with Crippen LogP contribution in [0.25, 0.3) is 0 Å². The van der Waals surface area contributed by atoms with Crippen LogP contribution in [0.4, 0.5) is 5.69 Å². The summed E-state index contributed by atoms with van der Waals surface area (Å²) < 4.78 is 5.26. The smallest absolute Gasteiger partial charge is 0.241 e. The Bertz CT molecular complexity index is 454. The lowest BCUT2D eigenvalue weighted by Gasteiger charge is -2.22. The SMILES string of the molecule is COc1ccccc1NC(=O)[C@H](C)NC1CCCCCC1. The second kappa shape index (κ2) is 8.03. The molecule has 21 heavy (non-hydrogen) atoms. The number of anilines is 1. The van der Waals surface area contributed by atoms with Crippen LogP contribution >= 0.6 is 0 Å². The van der Waals surface area contributed by atoms with E-state index >= 15 is 0 Å². The van der Waals surface area contributed by atoms with Crippen LogP contribution in [0.15, 0.2) is 24.3 Å². The Morgan fingerprint density at radius 1 is 1.19 bits per heavy atom. The monoisotopic (exact) mass is 290 g/mol. The summed E-state index contributed by atoms with van der Waals surface area (Å²) in [7, 11) is 1.61. The number of para-hydroxylation sites is 2. The van der Waals surface area contributed by atoms with Crippen molar-refractivity contribution in [1.29, 1.82) is 0 Å². The molecule has 1 fully saturated rings. The highest BCUT2D eigenvalue weighted by molar-refractivity contribution is 5.95. The quantitative estimate of drug-likeness (QED) is 0.818. The van der Waals surface area contributed by atoms with Crippen molar-refractivity contribution in [2.24, 2.45) is 0 Å². The molecule has 116 valence electrons. The molecular formula is C17H26N2O2. The van der Waals surface area contributed by atoms with Gasteiger partial charge in [-0.2, -0.15) is 0 Å². The fraction of sp³-hybridized carbons (Fsp3) is 0.588. The van der Waals surface area contributed by atoms with Crippen molar-refractivity contribution in [3.63, 3.8) is 0 Å². The van der Waals surface area contributed by atoms with Gasteiger partial charge in [-0.05, 0) is 31.9 Å². The van der Waals surface area contributed by atoms with E-state index < -0.39 is 0 Å².